The first-order chi connectivity index (χ1) is 8.67. The van der Waals surface area contributed by atoms with Gasteiger partial charge in [-0.15, -0.1) is 0 Å². The lowest BCUT2D eigenvalue weighted by Gasteiger charge is -2.38. The monoisotopic (exact) mass is 257 g/mol. The molecule has 1 fully saturated rings. The molecule has 1 aliphatic rings. The largest absolute Gasteiger partial charge is 0.383 e. The van der Waals surface area contributed by atoms with E-state index in [0.29, 0.717) is 6.04 Å². The summed E-state index contributed by atoms with van der Waals surface area (Å²) in [6.45, 7) is 5.30. The smallest absolute Gasteiger partial charge is 0.0618 e. The highest BCUT2D eigenvalue weighted by molar-refractivity contribution is 4.79. The minimum atomic E-state index is 0.568. The summed E-state index contributed by atoms with van der Waals surface area (Å²) < 4.78 is 5.35. The summed E-state index contributed by atoms with van der Waals surface area (Å²) in [5.41, 5.74) is 5.61. The second-order valence-corrected chi connectivity index (χ2v) is 5.78. The van der Waals surface area contributed by atoms with Gasteiger partial charge in [-0.3, -0.25) is 4.90 Å². The predicted molar refractivity (Wildman–Crippen MR) is 76.8 cm³/mol. The average molecular weight is 257 g/mol. The maximum Gasteiger partial charge on any atom is 0.0618 e. The molecular formula is C14H31N3O. The zero-order chi connectivity index (χ0) is 13.4. The Morgan fingerprint density at radius 1 is 1.33 bits per heavy atom. The highest BCUT2D eigenvalue weighted by Crippen LogP contribution is 2.21. The first-order valence-corrected chi connectivity index (χ1v) is 7.25. The highest BCUT2D eigenvalue weighted by atomic mass is 16.5. The molecule has 1 rings (SSSR count). The van der Waals surface area contributed by atoms with Crippen LogP contribution >= 0.6 is 0 Å². The molecule has 1 saturated heterocycles. The van der Waals surface area contributed by atoms with Crippen LogP contribution in [0.15, 0.2) is 0 Å². The quantitative estimate of drug-likeness (QED) is 0.705. The summed E-state index contributed by atoms with van der Waals surface area (Å²) in [7, 11) is 6.14. The molecule has 0 saturated carbocycles. The van der Waals surface area contributed by atoms with Gasteiger partial charge in [0.1, 0.15) is 0 Å². The van der Waals surface area contributed by atoms with E-state index in [1.165, 1.54) is 38.9 Å². The number of rotatable bonds is 8. The van der Waals surface area contributed by atoms with E-state index in [2.05, 4.69) is 23.9 Å². The number of hydrogen-bond donors (Lipinski definition) is 1. The van der Waals surface area contributed by atoms with Gasteiger partial charge in [-0.05, 0) is 65.3 Å². The van der Waals surface area contributed by atoms with Crippen LogP contribution in [-0.2, 0) is 4.74 Å². The number of ether oxygens (including phenoxy) is 1. The number of piperidine rings is 1. The van der Waals surface area contributed by atoms with E-state index in [0.717, 1.165) is 25.5 Å². The van der Waals surface area contributed by atoms with Gasteiger partial charge in [-0.2, -0.15) is 0 Å². The topological polar surface area (TPSA) is 41.7 Å². The Balaban J connectivity index is 2.33. The maximum absolute atomic E-state index is 5.61. The lowest BCUT2D eigenvalue weighted by molar-refractivity contribution is 0.0559. The number of nitrogens with zero attached hydrogens (tertiary/aromatic N) is 2. The van der Waals surface area contributed by atoms with E-state index in [1.54, 1.807) is 7.11 Å². The molecule has 1 unspecified atom stereocenters. The Morgan fingerprint density at radius 2 is 2.00 bits per heavy atom. The van der Waals surface area contributed by atoms with Gasteiger partial charge in [0.05, 0.1) is 6.61 Å². The maximum atomic E-state index is 5.61. The Hall–Kier alpha value is -0.160. The van der Waals surface area contributed by atoms with E-state index >= 15 is 0 Å². The number of nitrogens with two attached hydrogens (primary N) is 1. The van der Waals surface area contributed by atoms with Gasteiger partial charge >= 0.3 is 0 Å². The zero-order valence-corrected chi connectivity index (χ0v) is 12.4. The third kappa shape index (κ3) is 5.65. The molecule has 0 aromatic rings. The molecule has 0 bridgehead atoms. The van der Waals surface area contributed by atoms with Crippen molar-refractivity contribution in [3.63, 3.8) is 0 Å². The minimum Gasteiger partial charge on any atom is -0.383 e. The molecule has 4 heteroatoms. The van der Waals surface area contributed by atoms with Crippen LogP contribution in [0, 0.1) is 5.92 Å². The first kappa shape index (κ1) is 15.9. The molecule has 108 valence electrons. The molecule has 0 spiro atoms. The molecule has 4 nitrogen and oxygen atoms in total. The summed E-state index contributed by atoms with van der Waals surface area (Å²) in [5, 5.41) is 0. The van der Waals surface area contributed by atoms with Crippen LogP contribution in [-0.4, -0.2) is 69.8 Å². The van der Waals surface area contributed by atoms with Gasteiger partial charge in [0.15, 0.2) is 0 Å². The number of likely N-dealkylation sites (tertiary alicyclic amines) is 1. The molecule has 0 aromatic carbocycles. The van der Waals surface area contributed by atoms with Crippen LogP contribution in [0.3, 0.4) is 0 Å². The summed E-state index contributed by atoms with van der Waals surface area (Å²) >= 11 is 0. The molecule has 1 aliphatic heterocycles. The molecule has 18 heavy (non-hydrogen) atoms. The van der Waals surface area contributed by atoms with E-state index in [9.17, 15) is 0 Å². The Labute approximate surface area is 112 Å². The molecule has 1 atom stereocenters. The van der Waals surface area contributed by atoms with Crippen molar-refractivity contribution in [3.05, 3.63) is 0 Å². The van der Waals surface area contributed by atoms with Crippen molar-refractivity contribution in [2.24, 2.45) is 11.7 Å². The standard InChI is InChI=1S/C14H31N3O/c1-16(2)11-13-6-9-17(10-7-13)14(12-18-3)5-4-8-15/h13-14H,4-12,15H2,1-3H3. The lowest BCUT2D eigenvalue weighted by atomic mass is 9.94. The van der Waals surface area contributed by atoms with Crippen LogP contribution in [0.2, 0.25) is 0 Å². The normalized spacial score (nSPS) is 20.5. The van der Waals surface area contributed by atoms with Gasteiger partial charge in [0.25, 0.3) is 0 Å². The SMILES string of the molecule is COCC(CCCN)N1CCC(CN(C)C)CC1. The fraction of sp³-hybridized carbons (Fsp3) is 1.00. The highest BCUT2D eigenvalue weighted by Gasteiger charge is 2.24. The van der Waals surface area contributed by atoms with Gasteiger partial charge in [-0.25, -0.2) is 0 Å². The summed E-state index contributed by atoms with van der Waals surface area (Å²) in [4.78, 5) is 4.91. The second kappa shape index (κ2) is 8.86. The van der Waals surface area contributed by atoms with Crippen molar-refractivity contribution in [2.75, 3.05) is 54.0 Å². The van der Waals surface area contributed by atoms with Gasteiger partial charge in [0.2, 0.25) is 0 Å². The Bertz CT molecular complexity index is 203. The zero-order valence-electron chi connectivity index (χ0n) is 12.4. The summed E-state index contributed by atoms with van der Waals surface area (Å²) in [6, 6.07) is 0.568. The van der Waals surface area contributed by atoms with Crippen molar-refractivity contribution in [3.8, 4) is 0 Å². The lowest BCUT2D eigenvalue weighted by Crippen LogP contribution is -2.45. The van der Waals surface area contributed by atoms with E-state index in [4.69, 9.17) is 10.5 Å². The Morgan fingerprint density at radius 3 is 2.50 bits per heavy atom. The van der Waals surface area contributed by atoms with Crippen LogP contribution in [0.25, 0.3) is 0 Å². The van der Waals surface area contributed by atoms with Crippen LogP contribution < -0.4 is 5.73 Å². The molecule has 2 N–H and O–H groups in total. The molecule has 1 heterocycles. The molecule has 0 radical (unpaired) electrons. The van der Waals surface area contributed by atoms with E-state index < -0.39 is 0 Å². The van der Waals surface area contributed by atoms with Gasteiger partial charge in [0, 0.05) is 19.7 Å². The predicted octanol–water partition coefficient (Wildman–Crippen LogP) is 1.01. The van der Waals surface area contributed by atoms with Crippen LogP contribution in [0.1, 0.15) is 25.7 Å². The average Bonchev–Trinajstić information content (AvgIpc) is 2.35. The van der Waals surface area contributed by atoms with Crippen molar-refractivity contribution >= 4 is 0 Å². The van der Waals surface area contributed by atoms with E-state index in [-0.39, 0.29) is 0 Å². The molecule has 0 aliphatic carbocycles. The first-order valence-electron chi connectivity index (χ1n) is 7.25. The molecular weight excluding hydrogens is 226 g/mol. The Kier molecular flexibility index (Phi) is 7.82. The summed E-state index contributed by atoms with van der Waals surface area (Å²) in [5.74, 6) is 0.869. The van der Waals surface area contributed by atoms with E-state index in [1.807, 2.05) is 0 Å². The van der Waals surface area contributed by atoms with Crippen molar-refractivity contribution < 1.29 is 4.74 Å². The fourth-order valence-corrected chi connectivity index (χ4v) is 2.93. The second-order valence-electron chi connectivity index (χ2n) is 5.78. The fourth-order valence-electron chi connectivity index (χ4n) is 2.93. The number of hydrogen-bond acceptors (Lipinski definition) is 4. The van der Waals surface area contributed by atoms with Crippen molar-refractivity contribution in [1.82, 2.24) is 9.80 Å². The van der Waals surface area contributed by atoms with Crippen LogP contribution in [0.5, 0.6) is 0 Å². The van der Waals surface area contributed by atoms with Gasteiger partial charge < -0.3 is 15.4 Å². The molecule has 0 aromatic heterocycles. The van der Waals surface area contributed by atoms with Crippen molar-refractivity contribution in [1.29, 1.82) is 0 Å². The minimum absolute atomic E-state index is 0.568. The van der Waals surface area contributed by atoms with Gasteiger partial charge in [-0.1, -0.05) is 0 Å². The number of methoxy groups -OCH3 is 1. The van der Waals surface area contributed by atoms with Crippen LogP contribution in [0.4, 0.5) is 0 Å². The third-order valence-electron chi connectivity index (χ3n) is 3.89. The van der Waals surface area contributed by atoms with Crippen molar-refractivity contribution in [2.45, 2.75) is 31.7 Å². The molecule has 0 amide bonds. The third-order valence-corrected chi connectivity index (χ3v) is 3.89. The summed E-state index contributed by atoms with van der Waals surface area (Å²) in [6.07, 6.45) is 4.91.